The fourth-order valence-electron chi connectivity index (χ4n) is 2.73. The van der Waals surface area contributed by atoms with Crippen LogP contribution in [0.5, 0.6) is 5.75 Å². The number of aliphatic carboxylic acids is 2. The average Bonchev–Trinajstić information content (AvgIpc) is 3.21. The Hall–Kier alpha value is -3.93. The molecule has 3 unspecified atom stereocenters. The van der Waals surface area contributed by atoms with Gasteiger partial charge in [0, 0.05) is 24.7 Å². The zero-order chi connectivity index (χ0) is 23.0. The van der Waals surface area contributed by atoms with Gasteiger partial charge in [0.15, 0.2) is 0 Å². The van der Waals surface area contributed by atoms with Gasteiger partial charge >= 0.3 is 11.9 Å². The lowest BCUT2D eigenvalue weighted by molar-refractivity contribution is -0.147. The highest BCUT2D eigenvalue weighted by molar-refractivity contribution is 5.93. The second-order valence-electron chi connectivity index (χ2n) is 6.82. The van der Waals surface area contributed by atoms with Gasteiger partial charge in [0.1, 0.15) is 17.8 Å². The van der Waals surface area contributed by atoms with Crippen LogP contribution in [0.1, 0.15) is 17.7 Å². The van der Waals surface area contributed by atoms with Crippen LogP contribution in [0.3, 0.4) is 0 Å². The predicted octanol–water partition coefficient (Wildman–Crippen LogP) is -1.24. The molecule has 0 saturated heterocycles. The second kappa shape index (κ2) is 10.7. The van der Waals surface area contributed by atoms with Crippen LogP contribution in [0.25, 0.3) is 0 Å². The Kier molecular flexibility index (Phi) is 8.09. The summed E-state index contributed by atoms with van der Waals surface area (Å²) in [7, 11) is 0. The van der Waals surface area contributed by atoms with Crippen molar-refractivity contribution in [2.45, 2.75) is 37.4 Å². The predicted molar refractivity (Wildman–Crippen MR) is 106 cm³/mol. The molecule has 1 heterocycles. The van der Waals surface area contributed by atoms with Gasteiger partial charge in [-0.15, -0.1) is 0 Å². The van der Waals surface area contributed by atoms with Gasteiger partial charge < -0.3 is 36.7 Å². The van der Waals surface area contributed by atoms with E-state index in [1.807, 2.05) is 0 Å². The molecule has 0 saturated carbocycles. The van der Waals surface area contributed by atoms with E-state index >= 15 is 0 Å². The normalized spacial score (nSPS) is 13.6. The largest absolute Gasteiger partial charge is 0.508 e. The van der Waals surface area contributed by atoms with E-state index in [1.54, 1.807) is 0 Å². The van der Waals surface area contributed by atoms with Crippen molar-refractivity contribution in [3.8, 4) is 5.75 Å². The van der Waals surface area contributed by atoms with Crippen LogP contribution < -0.4 is 16.4 Å². The summed E-state index contributed by atoms with van der Waals surface area (Å²) in [6, 6.07) is 1.89. The number of imidazole rings is 1. The number of aromatic nitrogens is 2. The molecule has 31 heavy (non-hydrogen) atoms. The van der Waals surface area contributed by atoms with E-state index in [-0.39, 0.29) is 18.6 Å². The molecule has 0 radical (unpaired) electrons. The highest BCUT2D eigenvalue weighted by atomic mass is 16.4. The van der Waals surface area contributed by atoms with Crippen LogP contribution >= 0.6 is 0 Å². The van der Waals surface area contributed by atoms with E-state index in [0.29, 0.717) is 11.3 Å². The summed E-state index contributed by atoms with van der Waals surface area (Å²) in [6.45, 7) is 0. The number of aromatic hydroxyl groups is 1. The van der Waals surface area contributed by atoms with Gasteiger partial charge in [-0.2, -0.15) is 0 Å². The van der Waals surface area contributed by atoms with Crippen molar-refractivity contribution >= 4 is 23.8 Å². The summed E-state index contributed by atoms with van der Waals surface area (Å²) < 4.78 is 0. The van der Waals surface area contributed by atoms with Gasteiger partial charge in [0.05, 0.1) is 18.8 Å². The number of hydrogen-bond donors (Lipinski definition) is 7. The standard InChI is InChI=1S/C19H23N5O7/c20-13(6-11-8-21-9-22-11)17(28)23-14(5-10-1-3-12(25)4-2-10)18(29)24-15(19(30)31)7-16(26)27/h1-4,8-9,13-15,25H,5-7,20H2,(H,21,22)(H,23,28)(H,24,29)(H,26,27)(H,30,31). The van der Waals surface area contributed by atoms with E-state index in [9.17, 15) is 24.3 Å². The summed E-state index contributed by atoms with van der Waals surface area (Å²) in [5.41, 5.74) is 7.06. The SMILES string of the molecule is NC(Cc1cnc[nH]1)C(=O)NC(Cc1ccc(O)cc1)C(=O)NC(CC(=O)O)C(=O)O. The number of hydrogen-bond acceptors (Lipinski definition) is 7. The third-order valence-corrected chi connectivity index (χ3v) is 4.33. The maximum absolute atomic E-state index is 12.7. The molecule has 0 spiro atoms. The number of aromatic amines is 1. The summed E-state index contributed by atoms with van der Waals surface area (Å²) in [6.07, 6.45) is 2.16. The smallest absolute Gasteiger partial charge is 0.326 e. The number of H-pyrrole nitrogens is 1. The van der Waals surface area contributed by atoms with Crippen molar-refractivity contribution in [2.24, 2.45) is 5.73 Å². The highest BCUT2D eigenvalue weighted by Gasteiger charge is 2.29. The molecule has 2 rings (SSSR count). The number of phenols is 1. The molecule has 12 nitrogen and oxygen atoms in total. The van der Waals surface area contributed by atoms with Crippen LogP contribution in [-0.2, 0) is 32.0 Å². The van der Waals surface area contributed by atoms with E-state index in [4.69, 9.17) is 15.9 Å². The number of rotatable bonds is 11. The number of carboxylic acid groups (broad SMARTS) is 2. The van der Waals surface area contributed by atoms with Crippen LogP contribution in [-0.4, -0.2) is 67.2 Å². The third-order valence-electron chi connectivity index (χ3n) is 4.33. The monoisotopic (exact) mass is 433 g/mol. The number of carbonyl (C=O) groups excluding carboxylic acids is 2. The number of carboxylic acids is 2. The van der Waals surface area contributed by atoms with Crippen molar-refractivity contribution in [2.75, 3.05) is 0 Å². The number of nitrogens with one attached hydrogen (secondary N) is 3. The molecule has 2 aromatic rings. The van der Waals surface area contributed by atoms with Gasteiger partial charge in [-0.1, -0.05) is 12.1 Å². The van der Waals surface area contributed by atoms with Crippen LogP contribution in [0.15, 0.2) is 36.8 Å². The molecule has 0 aliphatic carbocycles. The number of carbonyl (C=O) groups is 4. The molecule has 0 aliphatic rings. The third kappa shape index (κ3) is 7.44. The maximum atomic E-state index is 12.7. The molecule has 3 atom stereocenters. The lowest BCUT2D eigenvalue weighted by atomic mass is 10.0. The Labute approximate surface area is 176 Å². The summed E-state index contributed by atoms with van der Waals surface area (Å²) in [4.78, 5) is 54.0. The minimum absolute atomic E-state index is 0.00256. The Morgan fingerprint density at radius 3 is 2.19 bits per heavy atom. The number of phenolic OH excluding ortho intramolecular Hbond substituents is 1. The minimum atomic E-state index is -1.68. The molecule has 2 amide bonds. The summed E-state index contributed by atoms with van der Waals surface area (Å²) >= 11 is 0. The first kappa shape index (κ1) is 23.3. The van der Waals surface area contributed by atoms with Crippen molar-refractivity contribution < 1.29 is 34.5 Å². The van der Waals surface area contributed by atoms with Crippen LogP contribution in [0.4, 0.5) is 0 Å². The first-order valence-corrected chi connectivity index (χ1v) is 9.21. The van der Waals surface area contributed by atoms with E-state index in [1.165, 1.54) is 36.8 Å². The molecule has 0 fully saturated rings. The van der Waals surface area contributed by atoms with E-state index in [0.717, 1.165) is 0 Å². The van der Waals surface area contributed by atoms with E-state index in [2.05, 4.69) is 20.6 Å². The number of amides is 2. The molecule has 12 heteroatoms. The number of benzene rings is 1. The zero-order valence-electron chi connectivity index (χ0n) is 16.3. The Morgan fingerprint density at radius 2 is 1.65 bits per heavy atom. The molecular weight excluding hydrogens is 410 g/mol. The molecule has 166 valence electrons. The second-order valence-corrected chi connectivity index (χ2v) is 6.82. The van der Waals surface area contributed by atoms with Gasteiger partial charge in [-0.3, -0.25) is 14.4 Å². The molecule has 8 N–H and O–H groups in total. The van der Waals surface area contributed by atoms with Crippen molar-refractivity contribution in [1.29, 1.82) is 0 Å². The number of nitrogens with two attached hydrogens (primary N) is 1. The Bertz CT molecular complexity index is 914. The lowest BCUT2D eigenvalue weighted by Crippen LogP contribution is -2.55. The topological polar surface area (TPSA) is 208 Å². The fraction of sp³-hybridized carbons (Fsp3) is 0.316. The Morgan fingerprint density at radius 1 is 1.00 bits per heavy atom. The molecule has 1 aromatic carbocycles. The van der Waals surface area contributed by atoms with Crippen LogP contribution in [0.2, 0.25) is 0 Å². The van der Waals surface area contributed by atoms with Crippen molar-refractivity contribution in [3.63, 3.8) is 0 Å². The summed E-state index contributed by atoms with van der Waals surface area (Å²) in [5.74, 6) is -4.49. The first-order chi connectivity index (χ1) is 14.7. The lowest BCUT2D eigenvalue weighted by Gasteiger charge is -2.22. The quantitative estimate of drug-likeness (QED) is 0.226. The van der Waals surface area contributed by atoms with Gasteiger partial charge in [-0.05, 0) is 17.7 Å². The zero-order valence-corrected chi connectivity index (χ0v) is 16.3. The van der Waals surface area contributed by atoms with Gasteiger partial charge in [0.25, 0.3) is 0 Å². The fourth-order valence-corrected chi connectivity index (χ4v) is 2.73. The highest BCUT2D eigenvalue weighted by Crippen LogP contribution is 2.12. The minimum Gasteiger partial charge on any atom is -0.508 e. The molecular formula is C19H23N5O7. The number of nitrogens with zero attached hydrogens (tertiary/aromatic N) is 1. The van der Waals surface area contributed by atoms with Gasteiger partial charge in [0.2, 0.25) is 11.8 Å². The van der Waals surface area contributed by atoms with Gasteiger partial charge in [-0.25, -0.2) is 9.78 Å². The van der Waals surface area contributed by atoms with E-state index < -0.39 is 48.3 Å². The molecule has 1 aromatic heterocycles. The van der Waals surface area contributed by atoms with Crippen molar-refractivity contribution in [1.82, 2.24) is 20.6 Å². The van der Waals surface area contributed by atoms with Crippen molar-refractivity contribution in [3.05, 3.63) is 48.0 Å². The summed E-state index contributed by atoms with van der Waals surface area (Å²) in [5, 5.41) is 32.0. The Balaban J connectivity index is 2.15. The van der Waals surface area contributed by atoms with Crippen LogP contribution in [0, 0.1) is 0 Å². The maximum Gasteiger partial charge on any atom is 0.326 e. The molecule has 0 aliphatic heterocycles. The first-order valence-electron chi connectivity index (χ1n) is 9.21. The molecule has 0 bridgehead atoms. The average molecular weight is 433 g/mol.